The molecule has 2 nitrogen and oxygen atoms in total. The van der Waals surface area contributed by atoms with E-state index in [1.807, 2.05) is 6.07 Å². The van der Waals surface area contributed by atoms with Gasteiger partial charge in [-0.25, -0.2) is 0 Å². The van der Waals surface area contributed by atoms with Gasteiger partial charge in [0.1, 0.15) is 0 Å². The Hall–Kier alpha value is -0.860. The number of hydrogen-bond acceptors (Lipinski definition) is 2. The quantitative estimate of drug-likeness (QED) is 0.801. The molecule has 2 rings (SSSR count). The van der Waals surface area contributed by atoms with E-state index in [0.29, 0.717) is 12.1 Å². The number of ether oxygens (including phenoxy) is 1. The fourth-order valence-corrected chi connectivity index (χ4v) is 2.17. The monoisotopic (exact) mass is 205 g/mol. The van der Waals surface area contributed by atoms with Crippen LogP contribution in [0.2, 0.25) is 0 Å². The Morgan fingerprint density at radius 1 is 1.33 bits per heavy atom. The minimum atomic E-state index is 0.215. The summed E-state index contributed by atoms with van der Waals surface area (Å²) in [4.78, 5) is 0. The standard InChI is InChI=1S/C13H19NO/c1-3-12-13(15-9-10(2)14-12)11-7-5-4-6-8-11/h4-8,10,12-14H,3,9H2,1-2H3/t10-,12+,13+/m1/s1. The third-order valence-corrected chi connectivity index (χ3v) is 2.96. The summed E-state index contributed by atoms with van der Waals surface area (Å²) in [6.07, 6.45) is 1.32. The Bertz CT molecular complexity index is 299. The van der Waals surface area contributed by atoms with Gasteiger partial charge in [0.05, 0.1) is 12.7 Å². The molecule has 2 heteroatoms. The molecule has 1 aliphatic heterocycles. The van der Waals surface area contributed by atoms with Crippen LogP contribution in [0.3, 0.4) is 0 Å². The van der Waals surface area contributed by atoms with Gasteiger partial charge in [0.2, 0.25) is 0 Å². The van der Waals surface area contributed by atoms with E-state index >= 15 is 0 Å². The number of hydrogen-bond donors (Lipinski definition) is 1. The molecule has 3 atom stereocenters. The topological polar surface area (TPSA) is 21.3 Å². The molecule has 0 bridgehead atoms. The van der Waals surface area contributed by atoms with Crippen LogP contribution in [0.15, 0.2) is 30.3 Å². The first kappa shape index (κ1) is 10.7. The van der Waals surface area contributed by atoms with Crippen molar-refractivity contribution in [1.29, 1.82) is 0 Å². The van der Waals surface area contributed by atoms with Crippen LogP contribution in [0.25, 0.3) is 0 Å². The molecule has 1 aromatic carbocycles. The lowest BCUT2D eigenvalue weighted by atomic mass is 9.98. The second-order valence-electron chi connectivity index (χ2n) is 4.25. The molecule has 15 heavy (non-hydrogen) atoms. The Morgan fingerprint density at radius 2 is 2.07 bits per heavy atom. The van der Waals surface area contributed by atoms with Gasteiger partial charge in [-0.1, -0.05) is 37.3 Å². The number of morpholine rings is 1. The summed E-state index contributed by atoms with van der Waals surface area (Å²) in [7, 11) is 0. The predicted octanol–water partition coefficient (Wildman–Crippen LogP) is 2.51. The van der Waals surface area contributed by atoms with E-state index in [0.717, 1.165) is 13.0 Å². The summed E-state index contributed by atoms with van der Waals surface area (Å²) in [6, 6.07) is 11.4. The van der Waals surface area contributed by atoms with Crippen molar-refractivity contribution in [3.05, 3.63) is 35.9 Å². The molecule has 0 aliphatic carbocycles. The van der Waals surface area contributed by atoms with E-state index in [1.54, 1.807) is 0 Å². The highest BCUT2D eigenvalue weighted by atomic mass is 16.5. The highest BCUT2D eigenvalue weighted by molar-refractivity contribution is 5.19. The maximum absolute atomic E-state index is 5.92. The number of benzene rings is 1. The highest BCUT2D eigenvalue weighted by Gasteiger charge is 2.28. The van der Waals surface area contributed by atoms with Gasteiger partial charge in [-0.2, -0.15) is 0 Å². The maximum Gasteiger partial charge on any atom is 0.0978 e. The fourth-order valence-electron chi connectivity index (χ4n) is 2.17. The molecule has 1 aliphatic rings. The van der Waals surface area contributed by atoms with Crippen LogP contribution in [0.5, 0.6) is 0 Å². The highest BCUT2D eigenvalue weighted by Crippen LogP contribution is 2.26. The molecule has 0 saturated carbocycles. The summed E-state index contributed by atoms with van der Waals surface area (Å²) >= 11 is 0. The van der Waals surface area contributed by atoms with Crippen LogP contribution < -0.4 is 5.32 Å². The van der Waals surface area contributed by atoms with Crippen molar-refractivity contribution in [3.63, 3.8) is 0 Å². The van der Waals surface area contributed by atoms with Gasteiger partial charge in [0, 0.05) is 12.1 Å². The van der Waals surface area contributed by atoms with Gasteiger partial charge in [-0.05, 0) is 18.9 Å². The largest absolute Gasteiger partial charge is 0.370 e. The molecule has 1 N–H and O–H groups in total. The van der Waals surface area contributed by atoms with Gasteiger partial charge in [0.15, 0.2) is 0 Å². The molecular weight excluding hydrogens is 186 g/mol. The molecule has 0 aromatic heterocycles. The van der Waals surface area contributed by atoms with Crippen molar-refractivity contribution in [1.82, 2.24) is 5.32 Å². The lowest BCUT2D eigenvalue weighted by molar-refractivity contribution is -0.0266. The van der Waals surface area contributed by atoms with Gasteiger partial charge >= 0.3 is 0 Å². The molecule has 0 amide bonds. The van der Waals surface area contributed by atoms with Gasteiger partial charge < -0.3 is 10.1 Å². The molecule has 1 fully saturated rings. The fraction of sp³-hybridized carbons (Fsp3) is 0.538. The second kappa shape index (κ2) is 4.77. The van der Waals surface area contributed by atoms with Crippen molar-refractivity contribution in [2.75, 3.05) is 6.61 Å². The van der Waals surface area contributed by atoms with Crippen LogP contribution in [-0.4, -0.2) is 18.7 Å². The van der Waals surface area contributed by atoms with Crippen LogP contribution in [0.1, 0.15) is 31.9 Å². The van der Waals surface area contributed by atoms with E-state index in [1.165, 1.54) is 5.56 Å². The number of nitrogens with one attached hydrogen (secondary N) is 1. The normalized spacial score (nSPS) is 31.5. The van der Waals surface area contributed by atoms with E-state index in [2.05, 4.69) is 43.4 Å². The maximum atomic E-state index is 5.92. The zero-order chi connectivity index (χ0) is 10.7. The van der Waals surface area contributed by atoms with Crippen molar-refractivity contribution in [2.45, 2.75) is 38.5 Å². The lowest BCUT2D eigenvalue weighted by Crippen LogP contribution is -2.48. The number of rotatable bonds is 2. The lowest BCUT2D eigenvalue weighted by Gasteiger charge is -2.36. The van der Waals surface area contributed by atoms with Crippen LogP contribution >= 0.6 is 0 Å². The molecule has 0 unspecified atom stereocenters. The minimum Gasteiger partial charge on any atom is -0.370 e. The Morgan fingerprint density at radius 3 is 2.73 bits per heavy atom. The average Bonchev–Trinajstić information content (AvgIpc) is 2.30. The summed E-state index contributed by atoms with van der Waals surface area (Å²) < 4.78 is 5.92. The third-order valence-electron chi connectivity index (χ3n) is 2.96. The van der Waals surface area contributed by atoms with Crippen molar-refractivity contribution >= 4 is 0 Å². The van der Waals surface area contributed by atoms with E-state index < -0.39 is 0 Å². The molecule has 1 heterocycles. The van der Waals surface area contributed by atoms with Crippen LogP contribution in [-0.2, 0) is 4.74 Å². The molecule has 0 radical (unpaired) electrons. The Kier molecular flexibility index (Phi) is 3.39. The third kappa shape index (κ3) is 2.39. The van der Waals surface area contributed by atoms with Crippen molar-refractivity contribution in [2.24, 2.45) is 0 Å². The molecule has 1 saturated heterocycles. The van der Waals surface area contributed by atoms with E-state index in [-0.39, 0.29) is 6.10 Å². The second-order valence-corrected chi connectivity index (χ2v) is 4.25. The van der Waals surface area contributed by atoms with Crippen molar-refractivity contribution in [3.8, 4) is 0 Å². The van der Waals surface area contributed by atoms with Crippen LogP contribution in [0, 0.1) is 0 Å². The van der Waals surface area contributed by atoms with Crippen molar-refractivity contribution < 1.29 is 4.74 Å². The first-order chi connectivity index (χ1) is 7.31. The Labute approximate surface area is 91.6 Å². The molecule has 0 spiro atoms. The summed E-state index contributed by atoms with van der Waals surface area (Å²) in [5.41, 5.74) is 1.28. The predicted molar refractivity (Wildman–Crippen MR) is 61.8 cm³/mol. The SMILES string of the molecule is CC[C@@H]1N[C@H](C)CO[C@H]1c1ccccc1. The van der Waals surface area contributed by atoms with Gasteiger partial charge in [-0.15, -0.1) is 0 Å². The summed E-state index contributed by atoms with van der Waals surface area (Å²) in [6.45, 7) is 5.18. The average molecular weight is 205 g/mol. The summed E-state index contributed by atoms with van der Waals surface area (Å²) in [5, 5.41) is 3.59. The first-order valence-corrected chi connectivity index (χ1v) is 5.74. The van der Waals surface area contributed by atoms with E-state index in [9.17, 15) is 0 Å². The zero-order valence-electron chi connectivity index (χ0n) is 9.44. The first-order valence-electron chi connectivity index (χ1n) is 5.74. The zero-order valence-corrected chi connectivity index (χ0v) is 9.44. The molecular formula is C13H19NO. The van der Waals surface area contributed by atoms with Gasteiger partial charge in [-0.3, -0.25) is 0 Å². The Balaban J connectivity index is 2.14. The van der Waals surface area contributed by atoms with E-state index in [4.69, 9.17) is 4.74 Å². The molecule has 82 valence electrons. The summed E-state index contributed by atoms with van der Waals surface area (Å²) in [5.74, 6) is 0. The van der Waals surface area contributed by atoms with Crippen LogP contribution in [0.4, 0.5) is 0 Å². The minimum absolute atomic E-state index is 0.215. The molecule has 1 aromatic rings. The van der Waals surface area contributed by atoms with Gasteiger partial charge in [0.25, 0.3) is 0 Å². The smallest absolute Gasteiger partial charge is 0.0978 e.